The van der Waals surface area contributed by atoms with Crippen molar-refractivity contribution in [1.82, 2.24) is 4.98 Å². The van der Waals surface area contributed by atoms with Gasteiger partial charge in [-0.15, -0.1) is 0 Å². The molecule has 0 aliphatic carbocycles. The fraction of sp³-hybridized carbons (Fsp3) is 0.125. The average molecular weight is 290 g/mol. The molecule has 1 aromatic heterocycles. The summed E-state index contributed by atoms with van der Waals surface area (Å²) in [5.41, 5.74) is 2.82. The number of halogens is 3. The molecule has 0 fully saturated rings. The molecular weight excluding hydrogens is 277 g/mol. The first kappa shape index (κ1) is 13.5. The van der Waals surface area contributed by atoms with Crippen molar-refractivity contribution >= 4 is 16.6 Å². The molecule has 21 heavy (non-hydrogen) atoms. The molecule has 0 amide bonds. The Morgan fingerprint density at radius 1 is 0.952 bits per heavy atom. The highest BCUT2D eigenvalue weighted by atomic mass is 19.4. The summed E-state index contributed by atoms with van der Waals surface area (Å²) < 4.78 is 37.7. The highest BCUT2D eigenvalue weighted by Crippen LogP contribution is 2.32. The van der Waals surface area contributed by atoms with Crippen LogP contribution in [0.25, 0.3) is 22.2 Å². The summed E-state index contributed by atoms with van der Waals surface area (Å²) in [6.45, 7) is 0. The zero-order chi connectivity index (χ0) is 15.0. The van der Waals surface area contributed by atoms with Gasteiger partial charge in [-0.05, 0) is 42.0 Å². The van der Waals surface area contributed by atoms with Gasteiger partial charge in [-0.1, -0.05) is 12.1 Å². The van der Waals surface area contributed by atoms with E-state index in [0.717, 1.165) is 40.0 Å². The van der Waals surface area contributed by atoms with E-state index in [1.54, 1.807) is 0 Å². The van der Waals surface area contributed by atoms with Crippen LogP contribution in [0.5, 0.6) is 0 Å². The molecule has 0 saturated heterocycles. The molecule has 108 valence electrons. The van der Waals surface area contributed by atoms with Crippen molar-refractivity contribution in [2.45, 2.75) is 6.18 Å². The number of hydrogen-bond acceptors (Lipinski definition) is 1. The maximum Gasteiger partial charge on any atom is 0.416 e. The number of H-pyrrole nitrogens is 1. The monoisotopic (exact) mass is 290 g/mol. The van der Waals surface area contributed by atoms with Gasteiger partial charge in [0.1, 0.15) is 0 Å². The third-order valence-electron chi connectivity index (χ3n) is 3.43. The zero-order valence-electron chi connectivity index (χ0n) is 11.3. The molecule has 3 aromatic rings. The lowest BCUT2D eigenvalue weighted by Gasteiger charge is -2.06. The SMILES string of the molecule is CNc1ccc2[nH]c(-c3ccc(C(F)(F)F)cc3)cc2c1. The summed E-state index contributed by atoms with van der Waals surface area (Å²) in [5.74, 6) is 0. The predicted molar refractivity (Wildman–Crippen MR) is 78.3 cm³/mol. The number of alkyl halides is 3. The van der Waals surface area contributed by atoms with Crippen molar-refractivity contribution < 1.29 is 13.2 Å². The van der Waals surface area contributed by atoms with Gasteiger partial charge in [0.25, 0.3) is 0 Å². The van der Waals surface area contributed by atoms with Crippen LogP contribution in [-0.2, 0) is 6.18 Å². The molecule has 3 rings (SSSR count). The Morgan fingerprint density at radius 3 is 2.29 bits per heavy atom. The molecule has 0 saturated carbocycles. The van der Waals surface area contributed by atoms with Crippen molar-refractivity contribution in [3.05, 3.63) is 54.1 Å². The molecule has 1 heterocycles. The quantitative estimate of drug-likeness (QED) is 0.690. The summed E-state index contributed by atoms with van der Waals surface area (Å²) in [4.78, 5) is 3.21. The first-order valence-corrected chi connectivity index (χ1v) is 6.45. The topological polar surface area (TPSA) is 27.8 Å². The second-order valence-electron chi connectivity index (χ2n) is 4.81. The number of aromatic nitrogens is 1. The standard InChI is InChI=1S/C16H13F3N2/c1-20-13-6-7-14-11(8-13)9-15(21-14)10-2-4-12(5-3-10)16(17,18)19/h2-9,20-21H,1H3. The zero-order valence-corrected chi connectivity index (χ0v) is 11.3. The molecule has 5 heteroatoms. The Bertz CT molecular complexity index is 770. The van der Waals surface area contributed by atoms with Gasteiger partial charge in [0, 0.05) is 29.3 Å². The lowest BCUT2D eigenvalue weighted by atomic mass is 10.1. The van der Waals surface area contributed by atoms with E-state index in [1.807, 2.05) is 31.3 Å². The van der Waals surface area contributed by atoms with Gasteiger partial charge in [0.15, 0.2) is 0 Å². The molecule has 0 aliphatic heterocycles. The minimum absolute atomic E-state index is 0.639. The van der Waals surface area contributed by atoms with Crippen molar-refractivity contribution in [2.75, 3.05) is 12.4 Å². The average Bonchev–Trinajstić information content (AvgIpc) is 2.89. The van der Waals surface area contributed by atoms with Gasteiger partial charge >= 0.3 is 6.18 Å². The van der Waals surface area contributed by atoms with E-state index < -0.39 is 11.7 Å². The van der Waals surface area contributed by atoms with Crippen molar-refractivity contribution in [3.63, 3.8) is 0 Å². The molecule has 0 bridgehead atoms. The van der Waals surface area contributed by atoms with Crippen LogP contribution in [0.15, 0.2) is 48.5 Å². The van der Waals surface area contributed by atoms with Crippen LogP contribution < -0.4 is 5.32 Å². The molecule has 2 nitrogen and oxygen atoms in total. The normalized spacial score (nSPS) is 11.8. The van der Waals surface area contributed by atoms with Gasteiger partial charge in [-0.2, -0.15) is 13.2 Å². The summed E-state index contributed by atoms with van der Waals surface area (Å²) in [5, 5.41) is 4.06. The lowest BCUT2D eigenvalue weighted by molar-refractivity contribution is -0.137. The number of aromatic amines is 1. The Labute approximate surface area is 119 Å². The van der Waals surface area contributed by atoms with E-state index >= 15 is 0 Å². The second kappa shape index (κ2) is 4.84. The van der Waals surface area contributed by atoms with E-state index in [2.05, 4.69) is 10.3 Å². The van der Waals surface area contributed by atoms with Crippen LogP contribution in [0.3, 0.4) is 0 Å². The molecule has 2 N–H and O–H groups in total. The first-order chi connectivity index (χ1) is 9.97. The van der Waals surface area contributed by atoms with E-state index in [9.17, 15) is 13.2 Å². The Kier molecular flexibility index (Phi) is 3.12. The number of hydrogen-bond donors (Lipinski definition) is 2. The minimum Gasteiger partial charge on any atom is -0.388 e. The smallest absolute Gasteiger partial charge is 0.388 e. The van der Waals surface area contributed by atoms with Crippen LogP contribution in [0.1, 0.15) is 5.56 Å². The van der Waals surface area contributed by atoms with E-state index in [1.165, 1.54) is 12.1 Å². The predicted octanol–water partition coefficient (Wildman–Crippen LogP) is 4.90. The summed E-state index contributed by atoms with van der Waals surface area (Å²) in [6, 6.07) is 12.9. The van der Waals surface area contributed by atoms with Crippen LogP contribution in [0.2, 0.25) is 0 Å². The van der Waals surface area contributed by atoms with Crippen LogP contribution in [0, 0.1) is 0 Å². The molecule has 0 spiro atoms. The Hall–Kier alpha value is -2.43. The van der Waals surface area contributed by atoms with Gasteiger partial charge in [0.05, 0.1) is 5.56 Å². The highest BCUT2D eigenvalue weighted by Gasteiger charge is 2.29. The summed E-state index contributed by atoms with van der Waals surface area (Å²) in [6.07, 6.45) is -4.30. The van der Waals surface area contributed by atoms with E-state index in [-0.39, 0.29) is 0 Å². The molecule has 0 radical (unpaired) electrons. The van der Waals surface area contributed by atoms with Crippen LogP contribution >= 0.6 is 0 Å². The van der Waals surface area contributed by atoms with Crippen molar-refractivity contribution in [2.24, 2.45) is 0 Å². The fourth-order valence-corrected chi connectivity index (χ4v) is 2.28. The van der Waals surface area contributed by atoms with E-state index in [0.29, 0.717) is 0 Å². The van der Waals surface area contributed by atoms with Crippen LogP contribution in [-0.4, -0.2) is 12.0 Å². The molecule has 0 atom stereocenters. The lowest BCUT2D eigenvalue weighted by Crippen LogP contribution is -2.03. The van der Waals surface area contributed by atoms with Gasteiger partial charge in [-0.25, -0.2) is 0 Å². The summed E-state index contributed by atoms with van der Waals surface area (Å²) >= 11 is 0. The Morgan fingerprint density at radius 2 is 1.67 bits per heavy atom. The molecule has 0 unspecified atom stereocenters. The van der Waals surface area contributed by atoms with Gasteiger partial charge < -0.3 is 10.3 Å². The van der Waals surface area contributed by atoms with Crippen molar-refractivity contribution in [3.8, 4) is 11.3 Å². The van der Waals surface area contributed by atoms with Gasteiger partial charge in [0.2, 0.25) is 0 Å². The first-order valence-electron chi connectivity index (χ1n) is 6.45. The molecule has 2 aromatic carbocycles. The second-order valence-corrected chi connectivity index (χ2v) is 4.81. The highest BCUT2D eigenvalue weighted by molar-refractivity contribution is 5.88. The van der Waals surface area contributed by atoms with Crippen molar-refractivity contribution in [1.29, 1.82) is 0 Å². The van der Waals surface area contributed by atoms with E-state index in [4.69, 9.17) is 0 Å². The van der Waals surface area contributed by atoms with Gasteiger partial charge in [-0.3, -0.25) is 0 Å². The number of nitrogens with one attached hydrogen (secondary N) is 2. The third kappa shape index (κ3) is 2.59. The largest absolute Gasteiger partial charge is 0.416 e. The number of fused-ring (bicyclic) bond motifs is 1. The Balaban J connectivity index is 2.00. The maximum absolute atomic E-state index is 12.6. The minimum atomic E-state index is -4.30. The third-order valence-corrected chi connectivity index (χ3v) is 3.43. The number of benzene rings is 2. The van der Waals surface area contributed by atoms with Crippen LogP contribution in [0.4, 0.5) is 18.9 Å². The number of rotatable bonds is 2. The number of anilines is 1. The molecular formula is C16H13F3N2. The molecule has 0 aliphatic rings. The maximum atomic E-state index is 12.6. The fourth-order valence-electron chi connectivity index (χ4n) is 2.28. The summed E-state index contributed by atoms with van der Waals surface area (Å²) in [7, 11) is 1.84.